The first kappa shape index (κ1) is 13.6. The van der Waals surface area contributed by atoms with E-state index in [2.05, 4.69) is 5.10 Å². The van der Waals surface area contributed by atoms with Crippen LogP contribution >= 0.6 is 11.6 Å². The summed E-state index contributed by atoms with van der Waals surface area (Å²) in [5.74, 6) is -0.439. The summed E-state index contributed by atoms with van der Waals surface area (Å²) < 4.78 is 5.17. The topological polar surface area (TPSA) is 88.2 Å². The van der Waals surface area contributed by atoms with Crippen LogP contribution in [0.25, 0.3) is 0 Å². The zero-order valence-electron chi connectivity index (χ0n) is 9.95. The number of hydrogen-bond acceptors (Lipinski definition) is 6. The summed E-state index contributed by atoms with van der Waals surface area (Å²) in [5, 5.41) is 26.6. The van der Waals surface area contributed by atoms with Crippen LogP contribution in [0.5, 0.6) is 5.75 Å². The van der Waals surface area contributed by atoms with Crippen molar-refractivity contribution in [3.63, 3.8) is 0 Å². The zero-order valence-corrected chi connectivity index (χ0v) is 10.7. The standard InChI is InChI=1S/C11H12ClN3O4/c12-9-5-8(11(16)10(6-9)15(17)18)7-13-14-1-3-19-4-2-14/h5-7,16H,1-4H2. The summed E-state index contributed by atoms with van der Waals surface area (Å²) >= 11 is 5.78. The first-order chi connectivity index (χ1) is 9.08. The Bertz CT molecular complexity index is 515. The largest absolute Gasteiger partial charge is 0.502 e. The summed E-state index contributed by atoms with van der Waals surface area (Å²) in [7, 11) is 0. The molecule has 0 aliphatic carbocycles. The lowest BCUT2D eigenvalue weighted by atomic mass is 10.2. The minimum absolute atomic E-state index is 0.174. The number of phenols is 1. The Morgan fingerprint density at radius 1 is 1.47 bits per heavy atom. The summed E-state index contributed by atoms with van der Waals surface area (Å²) in [5.41, 5.74) is -0.221. The Hall–Kier alpha value is -1.86. The van der Waals surface area contributed by atoms with Gasteiger partial charge in [0.15, 0.2) is 0 Å². The van der Waals surface area contributed by atoms with Crippen LogP contribution in [0.4, 0.5) is 5.69 Å². The van der Waals surface area contributed by atoms with E-state index in [0.29, 0.717) is 26.3 Å². The molecule has 0 atom stereocenters. The van der Waals surface area contributed by atoms with Gasteiger partial charge in [0, 0.05) is 16.7 Å². The number of ether oxygens (including phenoxy) is 1. The SMILES string of the molecule is O=[N+]([O-])c1cc(Cl)cc(C=NN2CCOCC2)c1O. The fourth-order valence-electron chi connectivity index (χ4n) is 1.66. The van der Waals surface area contributed by atoms with Crippen molar-refractivity contribution in [1.29, 1.82) is 0 Å². The number of nitro groups is 1. The van der Waals surface area contributed by atoms with E-state index in [1.54, 1.807) is 5.01 Å². The van der Waals surface area contributed by atoms with Gasteiger partial charge in [-0.05, 0) is 6.07 Å². The summed E-state index contributed by atoms with van der Waals surface area (Å²) in [6.07, 6.45) is 1.36. The van der Waals surface area contributed by atoms with Gasteiger partial charge in [-0.3, -0.25) is 15.1 Å². The molecule has 1 aliphatic rings. The number of hydrazone groups is 1. The number of phenolic OH excluding ortho intramolecular Hbond substituents is 1. The molecule has 19 heavy (non-hydrogen) atoms. The number of rotatable bonds is 3. The highest BCUT2D eigenvalue weighted by Crippen LogP contribution is 2.32. The van der Waals surface area contributed by atoms with Crippen LogP contribution in [-0.4, -0.2) is 47.6 Å². The van der Waals surface area contributed by atoms with Crippen LogP contribution in [0.15, 0.2) is 17.2 Å². The lowest BCUT2D eigenvalue weighted by Crippen LogP contribution is -2.32. The lowest BCUT2D eigenvalue weighted by molar-refractivity contribution is -0.385. The molecule has 1 fully saturated rings. The van der Waals surface area contributed by atoms with Gasteiger partial charge >= 0.3 is 5.69 Å². The quantitative estimate of drug-likeness (QED) is 0.518. The maximum absolute atomic E-state index is 10.7. The Balaban J connectivity index is 2.24. The molecule has 1 heterocycles. The maximum Gasteiger partial charge on any atom is 0.312 e. The second-order valence-electron chi connectivity index (χ2n) is 3.93. The number of aromatic hydroxyl groups is 1. The molecule has 0 aromatic heterocycles. The second kappa shape index (κ2) is 5.85. The summed E-state index contributed by atoms with van der Waals surface area (Å²) in [6.45, 7) is 2.44. The van der Waals surface area contributed by atoms with Crippen LogP contribution in [0.3, 0.4) is 0 Å². The van der Waals surface area contributed by atoms with Crippen molar-refractivity contribution in [2.75, 3.05) is 26.3 Å². The van der Waals surface area contributed by atoms with E-state index in [-0.39, 0.29) is 10.6 Å². The third kappa shape index (κ3) is 3.33. The fourth-order valence-corrected chi connectivity index (χ4v) is 1.88. The molecule has 0 saturated carbocycles. The number of halogens is 1. The average molecular weight is 286 g/mol. The number of nitro benzene ring substituents is 1. The van der Waals surface area contributed by atoms with Gasteiger partial charge in [-0.1, -0.05) is 11.6 Å². The van der Waals surface area contributed by atoms with Gasteiger partial charge in [0.1, 0.15) is 0 Å². The minimum atomic E-state index is -0.687. The Morgan fingerprint density at radius 2 is 2.16 bits per heavy atom. The van der Waals surface area contributed by atoms with E-state index in [9.17, 15) is 15.2 Å². The molecule has 1 N–H and O–H groups in total. The lowest BCUT2D eigenvalue weighted by Gasteiger charge is -2.23. The molecule has 1 aromatic carbocycles. The van der Waals surface area contributed by atoms with Crippen LogP contribution in [0, 0.1) is 10.1 Å². The van der Waals surface area contributed by atoms with E-state index in [0.717, 1.165) is 6.07 Å². The van der Waals surface area contributed by atoms with Gasteiger partial charge in [0.2, 0.25) is 5.75 Å². The van der Waals surface area contributed by atoms with Crippen molar-refractivity contribution < 1.29 is 14.8 Å². The maximum atomic E-state index is 10.7. The molecule has 0 bridgehead atoms. The monoisotopic (exact) mass is 285 g/mol. The predicted molar refractivity (Wildman–Crippen MR) is 69.8 cm³/mol. The Kier molecular flexibility index (Phi) is 4.18. The predicted octanol–water partition coefficient (Wildman–Crippen LogP) is 1.62. The third-order valence-corrected chi connectivity index (χ3v) is 2.85. The molecule has 1 aliphatic heterocycles. The molecular weight excluding hydrogens is 274 g/mol. The summed E-state index contributed by atoms with van der Waals surface area (Å²) in [4.78, 5) is 10.1. The van der Waals surface area contributed by atoms with Gasteiger partial charge in [0.05, 0.1) is 37.4 Å². The van der Waals surface area contributed by atoms with Crippen molar-refractivity contribution in [2.45, 2.75) is 0 Å². The number of morpholine rings is 1. The molecule has 7 nitrogen and oxygen atoms in total. The van der Waals surface area contributed by atoms with E-state index in [4.69, 9.17) is 16.3 Å². The molecule has 1 saturated heterocycles. The van der Waals surface area contributed by atoms with Crippen molar-refractivity contribution in [1.82, 2.24) is 5.01 Å². The van der Waals surface area contributed by atoms with Gasteiger partial charge in [-0.2, -0.15) is 5.10 Å². The molecular formula is C11H12ClN3O4. The molecule has 102 valence electrons. The molecule has 0 spiro atoms. The van der Waals surface area contributed by atoms with E-state index >= 15 is 0 Å². The van der Waals surface area contributed by atoms with Gasteiger partial charge < -0.3 is 9.84 Å². The Morgan fingerprint density at radius 3 is 2.79 bits per heavy atom. The molecule has 0 radical (unpaired) electrons. The first-order valence-electron chi connectivity index (χ1n) is 5.61. The van der Waals surface area contributed by atoms with Gasteiger partial charge in [0.25, 0.3) is 0 Å². The van der Waals surface area contributed by atoms with Crippen LogP contribution in [-0.2, 0) is 4.74 Å². The molecule has 8 heteroatoms. The first-order valence-corrected chi connectivity index (χ1v) is 5.99. The minimum Gasteiger partial charge on any atom is -0.502 e. The fraction of sp³-hybridized carbons (Fsp3) is 0.364. The summed E-state index contributed by atoms with van der Waals surface area (Å²) in [6, 6.07) is 2.52. The third-order valence-electron chi connectivity index (χ3n) is 2.63. The number of benzene rings is 1. The zero-order chi connectivity index (χ0) is 13.8. The smallest absolute Gasteiger partial charge is 0.312 e. The van der Waals surface area contributed by atoms with Crippen LogP contribution < -0.4 is 0 Å². The van der Waals surface area contributed by atoms with Crippen molar-refractivity contribution in [2.24, 2.45) is 5.10 Å². The molecule has 1 aromatic rings. The normalized spacial score (nSPS) is 15.9. The molecule has 0 amide bonds. The molecule has 0 unspecified atom stereocenters. The van der Waals surface area contributed by atoms with Gasteiger partial charge in [-0.25, -0.2) is 0 Å². The highest BCUT2D eigenvalue weighted by molar-refractivity contribution is 6.31. The van der Waals surface area contributed by atoms with Crippen LogP contribution in [0.2, 0.25) is 5.02 Å². The number of nitrogens with zero attached hydrogens (tertiary/aromatic N) is 3. The van der Waals surface area contributed by atoms with Crippen molar-refractivity contribution in [3.05, 3.63) is 32.8 Å². The highest BCUT2D eigenvalue weighted by Gasteiger charge is 2.18. The second-order valence-corrected chi connectivity index (χ2v) is 4.37. The van der Waals surface area contributed by atoms with E-state index in [1.165, 1.54) is 12.3 Å². The van der Waals surface area contributed by atoms with E-state index < -0.39 is 16.4 Å². The van der Waals surface area contributed by atoms with Crippen molar-refractivity contribution >= 4 is 23.5 Å². The van der Waals surface area contributed by atoms with Crippen LogP contribution in [0.1, 0.15) is 5.56 Å². The molecule has 2 rings (SSSR count). The Labute approximate surface area is 114 Å². The highest BCUT2D eigenvalue weighted by atomic mass is 35.5. The van der Waals surface area contributed by atoms with E-state index in [1.807, 2.05) is 0 Å². The number of hydrogen-bond donors (Lipinski definition) is 1. The van der Waals surface area contributed by atoms with Gasteiger partial charge in [-0.15, -0.1) is 0 Å². The average Bonchev–Trinajstić information content (AvgIpc) is 2.40. The van der Waals surface area contributed by atoms with Crippen molar-refractivity contribution in [3.8, 4) is 5.75 Å².